The van der Waals surface area contributed by atoms with E-state index in [1.54, 1.807) is 0 Å². The molecule has 1 aliphatic rings. The van der Waals surface area contributed by atoms with Crippen LogP contribution in [0.2, 0.25) is 0 Å². The molecule has 0 bridgehead atoms. The minimum atomic E-state index is -0.947. The number of likely N-dealkylation sites (tertiary alicyclic amines) is 1. The third-order valence-electron chi connectivity index (χ3n) is 3.23. The molecule has 0 aliphatic carbocycles. The molecule has 1 saturated heterocycles. The van der Waals surface area contributed by atoms with Crippen molar-refractivity contribution in [1.82, 2.24) is 10.2 Å². The van der Waals surface area contributed by atoms with Crippen LogP contribution in [0, 0.1) is 0 Å². The Bertz CT molecular complexity index is 331. The van der Waals surface area contributed by atoms with Crippen molar-refractivity contribution >= 4 is 11.9 Å². The van der Waals surface area contributed by atoms with Crippen molar-refractivity contribution in [2.24, 2.45) is 0 Å². The average Bonchev–Trinajstić information content (AvgIpc) is 2.35. The van der Waals surface area contributed by atoms with Gasteiger partial charge in [-0.25, -0.2) is 4.79 Å². The number of carbonyl (C=O) groups excluding carboxylic acids is 1. The lowest BCUT2D eigenvalue weighted by Crippen LogP contribution is -2.43. The summed E-state index contributed by atoms with van der Waals surface area (Å²) in [6.45, 7) is 7.94. The van der Waals surface area contributed by atoms with Crippen LogP contribution < -0.4 is 5.32 Å². The molecule has 116 valence electrons. The van der Waals surface area contributed by atoms with Crippen LogP contribution in [-0.2, 0) is 14.3 Å². The van der Waals surface area contributed by atoms with Gasteiger partial charge in [0.2, 0.25) is 5.91 Å². The number of nitrogens with zero attached hydrogens (tertiary/aromatic N) is 1. The van der Waals surface area contributed by atoms with E-state index in [0.29, 0.717) is 38.9 Å². The Morgan fingerprint density at radius 3 is 2.40 bits per heavy atom. The van der Waals surface area contributed by atoms with E-state index >= 15 is 0 Å². The van der Waals surface area contributed by atoms with Gasteiger partial charge in [-0.1, -0.05) is 0 Å². The van der Waals surface area contributed by atoms with Crippen LogP contribution in [0.4, 0.5) is 0 Å². The number of piperidine rings is 1. The van der Waals surface area contributed by atoms with Crippen molar-refractivity contribution in [1.29, 1.82) is 0 Å². The molecular formula is C14H26N2O4. The van der Waals surface area contributed by atoms with Gasteiger partial charge in [-0.05, 0) is 33.6 Å². The summed E-state index contributed by atoms with van der Waals surface area (Å²) in [5.41, 5.74) is 0.0257. The monoisotopic (exact) mass is 286 g/mol. The highest BCUT2D eigenvalue weighted by molar-refractivity contribution is 5.76. The smallest absolute Gasteiger partial charge is 0.329 e. The maximum absolute atomic E-state index is 12.0. The number of rotatable bonds is 6. The van der Waals surface area contributed by atoms with E-state index in [0.717, 1.165) is 0 Å². The van der Waals surface area contributed by atoms with Crippen molar-refractivity contribution in [3.63, 3.8) is 0 Å². The Labute approximate surface area is 120 Å². The lowest BCUT2D eigenvalue weighted by Gasteiger charge is -2.32. The zero-order valence-corrected chi connectivity index (χ0v) is 12.6. The molecule has 0 radical (unpaired) electrons. The predicted molar refractivity (Wildman–Crippen MR) is 75.6 cm³/mol. The van der Waals surface area contributed by atoms with Crippen molar-refractivity contribution in [2.45, 2.75) is 51.7 Å². The van der Waals surface area contributed by atoms with E-state index in [1.165, 1.54) is 0 Å². The Balaban J connectivity index is 2.20. The second-order valence-corrected chi connectivity index (χ2v) is 6.21. The van der Waals surface area contributed by atoms with Crippen molar-refractivity contribution in [2.75, 3.05) is 26.2 Å². The van der Waals surface area contributed by atoms with E-state index in [4.69, 9.17) is 9.84 Å². The van der Waals surface area contributed by atoms with Gasteiger partial charge in [0.15, 0.2) is 0 Å². The fourth-order valence-corrected chi connectivity index (χ4v) is 2.16. The van der Waals surface area contributed by atoms with Gasteiger partial charge >= 0.3 is 5.97 Å². The lowest BCUT2D eigenvalue weighted by atomic mass is 10.1. The maximum atomic E-state index is 12.0. The number of carbonyl (C=O) groups is 2. The van der Waals surface area contributed by atoms with Crippen molar-refractivity contribution in [3.8, 4) is 0 Å². The van der Waals surface area contributed by atoms with Crippen molar-refractivity contribution < 1.29 is 19.4 Å². The fourth-order valence-electron chi connectivity index (χ4n) is 2.16. The molecule has 6 heteroatoms. The minimum absolute atomic E-state index is 0.0257. The molecule has 1 heterocycles. The Morgan fingerprint density at radius 2 is 1.90 bits per heavy atom. The van der Waals surface area contributed by atoms with Crippen LogP contribution >= 0.6 is 0 Å². The molecule has 1 amide bonds. The van der Waals surface area contributed by atoms with Gasteiger partial charge in [0, 0.05) is 31.6 Å². The molecule has 0 unspecified atom stereocenters. The Morgan fingerprint density at radius 1 is 1.30 bits per heavy atom. The van der Waals surface area contributed by atoms with Gasteiger partial charge in [0.25, 0.3) is 0 Å². The molecule has 0 aromatic rings. The highest BCUT2D eigenvalue weighted by atomic mass is 16.5. The topological polar surface area (TPSA) is 78.9 Å². The van der Waals surface area contributed by atoms with Crippen LogP contribution in [0.1, 0.15) is 40.0 Å². The summed E-state index contributed by atoms with van der Waals surface area (Å²) >= 11 is 0. The van der Waals surface area contributed by atoms with Crippen molar-refractivity contribution in [3.05, 3.63) is 0 Å². The summed E-state index contributed by atoms with van der Waals surface area (Å²) in [6, 6.07) is 0. The van der Waals surface area contributed by atoms with Gasteiger partial charge < -0.3 is 20.1 Å². The largest absolute Gasteiger partial charge is 0.480 e. The van der Waals surface area contributed by atoms with Gasteiger partial charge in [-0.15, -0.1) is 0 Å². The second kappa shape index (κ2) is 7.59. The summed E-state index contributed by atoms with van der Waals surface area (Å²) in [6.07, 6.45) is 1.89. The number of aliphatic carboxylic acids is 1. The van der Waals surface area contributed by atoms with E-state index in [9.17, 15) is 9.59 Å². The zero-order valence-electron chi connectivity index (χ0n) is 12.6. The van der Waals surface area contributed by atoms with E-state index in [2.05, 4.69) is 26.1 Å². The number of amides is 1. The van der Waals surface area contributed by atoms with Gasteiger partial charge in [-0.3, -0.25) is 4.79 Å². The average molecular weight is 286 g/mol. The molecular weight excluding hydrogens is 260 g/mol. The molecule has 0 aromatic carbocycles. The third kappa shape index (κ3) is 6.86. The number of carboxylic acids is 1. The molecule has 1 rings (SSSR count). The third-order valence-corrected chi connectivity index (χ3v) is 3.23. The lowest BCUT2D eigenvalue weighted by molar-refractivity contribution is -0.146. The normalized spacial score (nSPS) is 17.2. The number of hydrogen-bond acceptors (Lipinski definition) is 4. The minimum Gasteiger partial charge on any atom is -0.480 e. The van der Waals surface area contributed by atoms with Crippen LogP contribution in [0.15, 0.2) is 0 Å². The van der Waals surface area contributed by atoms with Gasteiger partial charge in [-0.2, -0.15) is 0 Å². The second-order valence-electron chi connectivity index (χ2n) is 6.21. The van der Waals surface area contributed by atoms with E-state index < -0.39 is 5.97 Å². The first-order chi connectivity index (χ1) is 9.28. The van der Waals surface area contributed by atoms with Crippen LogP contribution in [0.25, 0.3) is 0 Å². The van der Waals surface area contributed by atoms with Crippen LogP contribution in [0.3, 0.4) is 0 Å². The molecule has 1 aliphatic heterocycles. The summed E-state index contributed by atoms with van der Waals surface area (Å²) in [7, 11) is 0. The summed E-state index contributed by atoms with van der Waals surface area (Å²) in [5.74, 6) is -0.796. The van der Waals surface area contributed by atoms with E-state index in [1.807, 2.05) is 4.90 Å². The number of nitrogens with one attached hydrogen (secondary N) is 1. The molecule has 2 N–H and O–H groups in total. The van der Waals surface area contributed by atoms with Crippen LogP contribution in [-0.4, -0.2) is 59.8 Å². The Hall–Kier alpha value is -1.14. The number of carboxylic acid groups (broad SMARTS) is 1. The summed E-state index contributed by atoms with van der Waals surface area (Å²) in [4.78, 5) is 24.3. The Kier molecular flexibility index (Phi) is 6.42. The first-order valence-corrected chi connectivity index (χ1v) is 7.14. The van der Waals surface area contributed by atoms with Gasteiger partial charge in [0.05, 0.1) is 6.10 Å². The fraction of sp³-hybridized carbons (Fsp3) is 0.857. The van der Waals surface area contributed by atoms with Crippen LogP contribution in [0.5, 0.6) is 0 Å². The maximum Gasteiger partial charge on any atom is 0.329 e. The summed E-state index contributed by atoms with van der Waals surface area (Å²) < 4.78 is 5.25. The first-order valence-electron chi connectivity index (χ1n) is 7.14. The number of hydrogen-bond donors (Lipinski definition) is 2. The SMILES string of the molecule is CC(C)(C)NCCC(=O)N1CCC(OCC(=O)O)CC1. The highest BCUT2D eigenvalue weighted by Gasteiger charge is 2.23. The highest BCUT2D eigenvalue weighted by Crippen LogP contribution is 2.14. The predicted octanol–water partition coefficient (Wildman–Crippen LogP) is 0.857. The standard InChI is InChI=1S/C14H26N2O4/c1-14(2,3)15-7-4-12(17)16-8-5-11(6-9-16)20-10-13(18)19/h11,15H,4-10H2,1-3H3,(H,18,19). The molecule has 6 nitrogen and oxygen atoms in total. The first kappa shape index (κ1) is 16.9. The quantitative estimate of drug-likeness (QED) is 0.757. The van der Waals surface area contributed by atoms with E-state index in [-0.39, 0.29) is 24.2 Å². The molecule has 20 heavy (non-hydrogen) atoms. The number of ether oxygens (including phenoxy) is 1. The summed E-state index contributed by atoms with van der Waals surface area (Å²) in [5, 5.41) is 11.8. The molecule has 0 aromatic heterocycles. The molecule has 0 atom stereocenters. The van der Waals surface area contributed by atoms with Gasteiger partial charge in [0.1, 0.15) is 6.61 Å². The molecule has 0 saturated carbocycles. The zero-order chi connectivity index (χ0) is 15.2. The molecule has 0 spiro atoms. The molecule has 1 fully saturated rings.